The SMILES string of the molecule is Nc1ccccc1CNC(=O)CSc1ccccc1. The first-order valence-electron chi connectivity index (χ1n) is 6.03. The van der Waals surface area contributed by atoms with Gasteiger partial charge in [0.1, 0.15) is 0 Å². The van der Waals surface area contributed by atoms with Crippen molar-refractivity contribution in [3.05, 3.63) is 60.2 Å². The number of hydrogen-bond donors (Lipinski definition) is 2. The summed E-state index contributed by atoms with van der Waals surface area (Å²) >= 11 is 1.52. The maximum atomic E-state index is 11.7. The Hall–Kier alpha value is -1.94. The van der Waals surface area contributed by atoms with Crippen LogP contribution in [0.1, 0.15) is 5.56 Å². The highest BCUT2D eigenvalue weighted by Gasteiger charge is 2.04. The monoisotopic (exact) mass is 272 g/mol. The van der Waals surface area contributed by atoms with Gasteiger partial charge in [-0.25, -0.2) is 0 Å². The van der Waals surface area contributed by atoms with E-state index in [0.29, 0.717) is 18.0 Å². The lowest BCUT2D eigenvalue weighted by atomic mass is 10.2. The van der Waals surface area contributed by atoms with E-state index in [1.807, 2.05) is 54.6 Å². The van der Waals surface area contributed by atoms with Crippen molar-refractivity contribution in [2.24, 2.45) is 0 Å². The Balaban J connectivity index is 1.78. The first-order chi connectivity index (χ1) is 9.25. The summed E-state index contributed by atoms with van der Waals surface area (Å²) in [5.74, 6) is 0.425. The van der Waals surface area contributed by atoms with Crippen molar-refractivity contribution < 1.29 is 4.79 Å². The minimum atomic E-state index is 0.0112. The van der Waals surface area contributed by atoms with E-state index in [4.69, 9.17) is 5.73 Å². The van der Waals surface area contributed by atoms with Gasteiger partial charge in [0.15, 0.2) is 0 Å². The number of thioether (sulfide) groups is 1. The van der Waals surface area contributed by atoms with E-state index < -0.39 is 0 Å². The van der Waals surface area contributed by atoms with Crippen LogP contribution >= 0.6 is 11.8 Å². The van der Waals surface area contributed by atoms with Crippen LogP contribution < -0.4 is 11.1 Å². The fourth-order valence-electron chi connectivity index (χ4n) is 1.61. The quantitative estimate of drug-likeness (QED) is 0.650. The molecule has 0 heterocycles. The third-order valence-corrected chi connectivity index (χ3v) is 3.66. The standard InChI is InChI=1S/C15H16N2OS/c16-14-9-5-4-6-12(14)10-17-15(18)11-19-13-7-2-1-3-8-13/h1-9H,10-11,16H2,(H,17,18). The molecule has 0 aliphatic carbocycles. The number of para-hydroxylation sites is 1. The minimum absolute atomic E-state index is 0.0112. The molecule has 0 bridgehead atoms. The number of rotatable bonds is 5. The van der Waals surface area contributed by atoms with Crippen molar-refractivity contribution in [1.82, 2.24) is 5.32 Å². The molecule has 0 saturated carbocycles. The van der Waals surface area contributed by atoms with Crippen LogP contribution in [0.5, 0.6) is 0 Å². The van der Waals surface area contributed by atoms with Gasteiger partial charge in [0.25, 0.3) is 0 Å². The Morgan fingerprint density at radius 3 is 2.47 bits per heavy atom. The number of nitrogen functional groups attached to an aromatic ring is 1. The molecule has 1 amide bonds. The zero-order valence-corrected chi connectivity index (χ0v) is 11.3. The lowest BCUT2D eigenvalue weighted by Crippen LogP contribution is -2.24. The average Bonchev–Trinajstić information content (AvgIpc) is 2.45. The predicted molar refractivity (Wildman–Crippen MR) is 79.9 cm³/mol. The molecule has 0 saturated heterocycles. The van der Waals surface area contributed by atoms with Crippen molar-refractivity contribution in [3.63, 3.8) is 0 Å². The van der Waals surface area contributed by atoms with E-state index >= 15 is 0 Å². The zero-order chi connectivity index (χ0) is 13.5. The first-order valence-corrected chi connectivity index (χ1v) is 7.02. The maximum Gasteiger partial charge on any atom is 0.230 e. The Morgan fingerprint density at radius 1 is 1.05 bits per heavy atom. The second-order valence-electron chi connectivity index (χ2n) is 4.08. The fraction of sp³-hybridized carbons (Fsp3) is 0.133. The summed E-state index contributed by atoms with van der Waals surface area (Å²) < 4.78 is 0. The summed E-state index contributed by atoms with van der Waals surface area (Å²) in [7, 11) is 0. The normalized spacial score (nSPS) is 10.1. The van der Waals surface area contributed by atoms with Gasteiger partial charge in [-0.1, -0.05) is 36.4 Å². The van der Waals surface area contributed by atoms with Crippen molar-refractivity contribution in [1.29, 1.82) is 0 Å². The summed E-state index contributed by atoms with van der Waals surface area (Å²) in [5, 5.41) is 2.87. The molecule has 0 radical (unpaired) electrons. The third-order valence-electron chi connectivity index (χ3n) is 2.64. The number of hydrogen-bond acceptors (Lipinski definition) is 3. The summed E-state index contributed by atoms with van der Waals surface area (Å²) in [6.07, 6.45) is 0. The molecule has 19 heavy (non-hydrogen) atoms. The van der Waals surface area contributed by atoms with Gasteiger partial charge in [-0.05, 0) is 23.8 Å². The summed E-state index contributed by atoms with van der Waals surface area (Å²) in [6, 6.07) is 17.4. The van der Waals surface area contributed by atoms with Gasteiger partial charge in [0.2, 0.25) is 5.91 Å². The van der Waals surface area contributed by atoms with Crippen molar-refractivity contribution in [3.8, 4) is 0 Å². The van der Waals surface area contributed by atoms with E-state index in [1.165, 1.54) is 11.8 Å². The Bertz CT molecular complexity index is 543. The van der Waals surface area contributed by atoms with Crippen LogP contribution in [0.15, 0.2) is 59.5 Å². The Morgan fingerprint density at radius 2 is 1.74 bits per heavy atom. The molecule has 2 rings (SSSR count). The molecule has 0 unspecified atom stereocenters. The second kappa shape index (κ2) is 6.85. The molecular formula is C15H16N2OS. The number of nitrogens with one attached hydrogen (secondary N) is 1. The molecule has 2 aromatic carbocycles. The van der Waals surface area contributed by atoms with E-state index in [-0.39, 0.29) is 5.91 Å². The van der Waals surface area contributed by atoms with Gasteiger partial charge in [0, 0.05) is 17.1 Å². The molecule has 3 nitrogen and oxygen atoms in total. The van der Waals surface area contributed by atoms with Gasteiger partial charge in [-0.15, -0.1) is 11.8 Å². The van der Waals surface area contributed by atoms with Gasteiger partial charge >= 0.3 is 0 Å². The zero-order valence-electron chi connectivity index (χ0n) is 10.5. The average molecular weight is 272 g/mol. The Kier molecular flexibility index (Phi) is 4.86. The number of anilines is 1. The van der Waals surface area contributed by atoms with Crippen LogP contribution in [0.25, 0.3) is 0 Å². The summed E-state index contributed by atoms with van der Waals surface area (Å²) in [6.45, 7) is 0.473. The van der Waals surface area contributed by atoms with E-state index in [1.54, 1.807) is 0 Å². The number of carbonyl (C=O) groups is 1. The molecule has 0 spiro atoms. The molecule has 98 valence electrons. The molecule has 0 aromatic heterocycles. The molecule has 4 heteroatoms. The first kappa shape index (κ1) is 13.5. The van der Waals surface area contributed by atoms with Crippen molar-refractivity contribution in [2.75, 3.05) is 11.5 Å². The number of nitrogens with two attached hydrogens (primary N) is 1. The van der Waals surface area contributed by atoms with Crippen LogP contribution in [0, 0.1) is 0 Å². The summed E-state index contributed by atoms with van der Waals surface area (Å²) in [4.78, 5) is 12.8. The highest BCUT2D eigenvalue weighted by molar-refractivity contribution is 8.00. The molecule has 0 aliphatic heterocycles. The topological polar surface area (TPSA) is 55.1 Å². The van der Waals surface area contributed by atoms with E-state index in [9.17, 15) is 4.79 Å². The highest BCUT2D eigenvalue weighted by Crippen LogP contribution is 2.16. The largest absolute Gasteiger partial charge is 0.398 e. The van der Waals surface area contributed by atoms with Crippen molar-refractivity contribution in [2.45, 2.75) is 11.4 Å². The van der Waals surface area contributed by atoms with E-state index in [0.717, 1.165) is 10.5 Å². The van der Waals surface area contributed by atoms with Gasteiger partial charge in [0.05, 0.1) is 5.75 Å². The van der Waals surface area contributed by atoms with Crippen LogP contribution in [0.3, 0.4) is 0 Å². The van der Waals surface area contributed by atoms with Gasteiger partial charge in [-0.2, -0.15) is 0 Å². The molecular weight excluding hydrogens is 256 g/mol. The fourth-order valence-corrected chi connectivity index (χ4v) is 2.36. The third kappa shape index (κ3) is 4.34. The second-order valence-corrected chi connectivity index (χ2v) is 5.13. The predicted octanol–water partition coefficient (Wildman–Crippen LogP) is 2.68. The lowest BCUT2D eigenvalue weighted by molar-refractivity contribution is -0.118. The van der Waals surface area contributed by atoms with Gasteiger partial charge in [-0.3, -0.25) is 4.79 Å². The number of amides is 1. The molecule has 2 aromatic rings. The van der Waals surface area contributed by atoms with Crippen LogP contribution in [-0.2, 0) is 11.3 Å². The number of benzene rings is 2. The Labute approximate surface area is 117 Å². The highest BCUT2D eigenvalue weighted by atomic mass is 32.2. The van der Waals surface area contributed by atoms with Crippen LogP contribution in [-0.4, -0.2) is 11.7 Å². The maximum absolute atomic E-state index is 11.7. The van der Waals surface area contributed by atoms with Crippen LogP contribution in [0.2, 0.25) is 0 Å². The molecule has 0 fully saturated rings. The smallest absolute Gasteiger partial charge is 0.230 e. The lowest BCUT2D eigenvalue weighted by Gasteiger charge is -2.07. The van der Waals surface area contributed by atoms with Gasteiger partial charge < -0.3 is 11.1 Å². The van der Waals surface area contributed by atoms with E-state index in [2.05, 4.69) is 5.32 Å². The van der Waals surface area contributed by atoms with Crippen LogP contribution in [0.4, 0.5) is 5.69 Å². The molecule has 0 atom stereocenters. The van der Waals surface area contributed by atoms with Crippen molar-refractivity contribution >= 4 is 23.4 Å². The minimum Gasteiger partial charge on any atom is -0.398 e. The molecule has 0 aliphatic rings. The number of carbonyl (C=O) groups excluding carboxylic acids is 1. The summed E-state index contributed by atoms with van der Waals surface area (Å²) in [5.41, 5.74) is 7.47. The molecule has 3 N–H and O–H groups in total.